The maximum atomic E-state index is 4.74. The number of allylic oxidation sites excluding steroid dienone is 3. The molecule has 1 aromatic heterocycles. The quantitative estimate of drug-likeness (QED) is 0.858. The van der Waals surface area contributed by atoms with Gasteiger partial charge in [0, 0.05) is 61.1 Å². The molecule has 2 atom stereocenters. The first-order valence-electron chi connectivity index (χ1n) is 9.82. The number of anilines is 1. The monoisotopic (exact) mass is 382 g/mol. The SMILES string of the molecule is Cn1cc(C2=CN=C3C(Nc4ccc(C5C=NC=CC5)cc4)=NC=CC3C2)cn1. The number of aliphatic imine (C=N–C) groups is 3. The Labute approximate surface area is 169 Å². The molecular formula is C23H22N6. The van der Waals surface area contributed by atoms with Gasteiger partial charge in [0.25, 0.3) is 0 Å². The van der Waals surface area contributed by atoms with Crippen molar-refractivity contribution in [2.24, 2.45) is 27.9 Å². The van der Waals surface area contributed by atoms with Gasteiger partial charge in [-0.05, 0) is 36.1 Å². The first-order valence-corrected chi connectivity index (χ1v) is 9.82. The van der Waals surface area contributed by atoms with E-state index in [4.69, 9.17) is 4.99 Å². The average molecular weight is 382 g/mol. The number of fused-ring (bicyclic) bond motifs is 1. The van der Waals surface area contributed by atoms with Crippen molar-refractivity contribution in [3.05, 3.63) is 78.5 Å². The first kappa shape index (κ1) is 17.6. The van der Waals surface area contributed by atoms with E-state index in [0.717, 1.165) is 35.6 Å². The van der Waals surface area contributed by atoms with Gasteiger partial charge in [-0.25, -0.2) is 4.99 Å². The number of hydrogen-bond acceptors (Lipinski definition) is 5. The highest BCUT2D eigenvalue weighted by atomic mass is 15.2. The van der Waals surface area contributed by atoms with Crippen molar-refractivity contribution >= 4 is 29.0 Å². The zero-order valence-electron chi connectivity index (χ0n) is 16.2. The Hall–Kier alpha value is -3.54. The van der Waals surface area contributed by atoms with E-state index in [1.807, 2.05) is 48.9 Å². The molecule has 29 heavy (non-hydrogen) atoms. The van der Waals surface area contributed by atoms with Crippen molar-refractivity contribution in [1.82, 2.24) is 9.78 Å². The summed E-state index contributed by atoms with van der Waals surface area (Å²) >= 11 is 0. The summed E-state index contributed by atoms with van der Waals surface area (Å²) in [5, 5.41) is 7.71. The molecular weight excluding hydrogens is 360 g/mol. The van der Waals surface area contributed by atoms with Crippen molar-refractivity contribution < 1.29 is 0 Å². The predicted molar refractivity (Wildman–Crippen MR) is 118 cm³/mol. The van der Waals surface area contributed by atoms with Gasteiger partial charge in [0.1, 0.15) is 0 Å². The van der Waals surface area contributed by atoms with Crippen LogP contribution in [0.5, 0.6) is 0 Å². The minimum absolute atomic E-state index is 0.222. The van der Waals surface area contributed by atoms with Crippen LogP contribution in [0.15, 0.2) is 82.4 Å². The summed E-state index contributed by atoms with van der Waals surface area (Å²) in [6.07, 6.45) is 17.7. The third-order valence-electron chi connectivity index (χ3n) is 5.44. The van der Waals surface area contributed by atoms with Gasteiger partial charge >= 0.3 is 0 Å². The molecule has 3 aliphatic rings. The van der Waals surface area contributed by atoms with E-state index < -0.39 is 0 Å². The largest absolute Gasteiger partial charge is 0.339 e. The molecule has 0 amide bonds. The Kier molecular flexibility index (Phi) is 4.52. The minimum Gasteiger partial charge on any atom is -0.339 e. The molecule has 6 nitrogen and oxygen atoms in total. The third-order valence-corrected chi connectivity index (χ3v) is 5.44. The van der Waals surface area contributed by atoms with E-state index in [2.05, 4.69) is 56.8 Å². The standard InChI is InChI=1S/C23H22N6/c1-29-15-20(14-27-29)19-11-17-8-10-25-23(22(17)26-13-19)28-21-6-4-16(5-7-21)18-3-2-9-24-12-18/h2,4-10,12-15,17-18H,3,11H2,1H3,(H,25,28). The predicted octanol–water partition coefficient (Wildman–Crippen LogP) is 4.33. The van der Waals surface area contributed by atoms with Gasteiger partial charge < -0.3 is 5.32 Å². The first-order chi connectivity index (χ1) is 14.3. The van der Waals surface area contributed by atoms with Crippen LogP contribution in [-0.2, 0) is 7.05 Å². The maximum Gasteiger partial charge on any atom is 0.152 e. The molecule has 0 saturated carbocycles. The second kappa shape index (κ2) is 7.47. The number of aromatic nitrogens is 2. The fraction of sp³-hybridized carbons (Fsp3) is 0.217. The van der Waals surface area contributed by atoms with Crippen molar-refractivity contribution in [2.45, 2.75) is 18.8 Å². The zero-order valence-corrected chi connectivity index (χ0v) is 16.2. The summed E-state index contributed by atoms with van der Waals surface area (Å²) < 4.78 is 1.82. The Morgan fingerprint density at radius 1 is 1.07 bits per heavy atom. The Balaban J connectivity index is 1.34. The van der Waals surface area contributed by atoms with Gasteiger partial charge in [-0.2, -0.15) is 5.10 Å². The second-order valence-corrected chi connectivity index (χ2v) is 7.47. The number of benzene rings is 1. The van der Waals surface area contributed by atoms with Gasteiger partial charge in [-0.1, -0.05) is 24.3 Å². The smallest absolute Gasteiger partial charge is 0.152 e. The van der Waals surface area contributed by atoms with Gasteiger partial charge in [0.15, 0.2) is 5.84 Å². The summed E-state index contributed by atoms with van der Waals surface area (Å²) in [5.74, 6) is 1.39. The molecule has 5 rings (SSSR count). The molecule has 0 fully saturated rings. The van der Waals surface area contributed by atoms with Crippen LogP contribution in [-0.4, -0.2) is 27.5 Å². The van der Waals surface area contributed by atoms with Crippen molar-refractivity contribution in [2.75, 3.05) is 5.32 Å². The summed E-state index contributed by atoms with van der Waals surface area (Å²) in [6, 6.07) is 8.49. The van der Waals surface area contributed by atoms with Crippen LogP contribution in [0.4, 0.5) is 5.69 Å². The zero-order chi connectivity index (χ0) is 19.6. The highest BCUT2D eigenvalue weighted by Crippen LogP contribution is 2.30. The van der Waals surface area contributed by atoms with Crippen molar-refractivity contribution in [3.8, 4) is 0 Å². The number of aryl methyl sites for hydroxylation is 1. The third kappa shape index (κ3) is 3.61. The Morgan fingerprint density at radius 3 is 2.72 bits per heavy atom. The van der Waals surface area contributed by atoms with Crippen LogP contribution >= 0.6 is 0 Å². The van der Waals surface area contributed by atoms with E-state index in [-0.39, 0.29) is 5.92 Å². The van der Waals surface area contributed by atoms with Crippen molar-refractivity contribution in [3.63, 3.8) is 0 Å². The van der Waals surface area contributed by atoms with Crippen LogP contribution in [0.1, 0.15) is 29.9 Å². The van der Waals surface area contributed by atoms with Crippen LogP contribution in [0.25, 0.3) is 5.57 Å². The van der Waals surface area contributed by atoms with Crippen molar-refractivity contribution in [1.29, 1.82) is 0 Å². The van der Waals surface area contributed by atoms with Gasteiger partial charge in [0.2, 0.25) is 0 Å². The van der Waals surface area contributed by atoms with Gasteiger partial charge in [-0.3, -0.25) is 14.7 Å². The molecule has 3 aliphatic heterocycles. The Bertz CT molecular complexity index is 1090. The van der Waals surface area contributed by atoms with Gasteiger partial charge in [0.05, 0.1) is 11.9 Å². The molecule has 1 aromatic carbocycles. The van der Waals surface area contributed by atoms with E-state index in [1.54, 1.807) is 0 Å². The lowest BCUT2D eigenvalue weighted by Crippen LogP contribution is -2.32. The molecule has 0 bridgehead atoms. The molecule has 6 heteroatoms. The second-order valence-electron chi connectivity index (χ2n) is 7.47. The fourth-order valence-electron chi connectivity index (χ4n) is 3.84. The van der Waals surface area contributed by atoms with Crippen LogP contribution in [0.2, 0.25) is 0 Å². The summed E-state index contributed by atoms with van der Waals surface area (Å²) in [7, 11) is 1.93. The topological polar surface area (TPSA) is 66.9 Å². The molecule has 0 aliphatic carbocycles. The summed E-state index contributed by atoms with van der Waals surface area (Å²) in [6.45, 7) is 0. The normalized spacial score (nSPS) is 22.6. The molecule has 0 saturated heterocycles. The van der Waals surface area contributed by atoms with E-state index in [1.165, 1.54) is 11.1 Å². The molecule has 2 unspecified atom stereocenters. The molecule has 1 N–H and O–H groups in total. The molecule has 0 radical (unpaired) electrons. The van der Waals surface area contributed by atoms with E-state index in [9.17, 15) is 0 Å². The lowest BCUT2D eigenvalue weighted by Gasteiger charge is -2.25. The van der Waals surface area contributed by atoms with Crippen LogP contribution < -0.4 is 5.32 Å². The van der Waals surface area contributed by atoms with Gasteiger partial charge in [-0.15, -0.1) is 0 Å². The highest BCUT2D eigenvalue weighted by molar-refractivity contribution is 6.47. The highest BCUT2D eigenvalue weighted by Gasteiger charge is 2.26. The summed E-state index contributed by atoms with van der Waals surface area (Å²) in [5.41, 5.74) is 5.58. The molecule has 4 heterocycles. The summed E-state index contributed by atoms with van der Waals surface area (Å²) in [4.78, 5) is 13.5. The molecule has 2 aromatic rings. The Morgan fingerprint density at radius 2 is 1.97 bits per heavy atom. The number of nitrogens with one attached hydrogen (secondary N) is 1. The average Bonchev–Trinajstić information content (AvgIpc) is 3.21. The number of hydrogen-bond donors (Lipinski definition) is 1. The minimum atomic E-state index is 0.222. The number of nitrogens with zero attached hydrogens (tertiary/aromatic N) is 5. The molecule has 0 spiro atoms. The lowest BCUT2D eigenvalue weighted by atomic mass is 9.88. The lowest BCUT2D eigenvalue weighted by molar-refractivity contribution is 0.767. The van der Waals surface area contributed by atoms with Crippen LogP contribution in [0, 0.1) is 5.92 Å². The van der Waals surface area contributed by atoms with E-state index in [0.29, 0.717) is 5.92 Å². The number of rotatable bonds is 3. The van der Waals surface area contributed by atoms with Crippen LogP contribution in [0.3, 0.4) is 0 Å². The number of amidine groups is 1. The molecule has 144 valence electrons. The maximum absolute atomic E-state index is 4.74. The fourth-order valence-corrected chi connectivity index (χ4v) is 3.84. The van der Waals surface area contributed by atoms with E-state index >= 15 is 0 Å².